The number of aliphatic carboxylic acids is 1. The number of para-hydroxylation sites is 1. The van der Waals surface area contributed by atoms with Gasteiger partial charge in [0, 0.05) is 0 Å². The molecule has 1 aromatic carbocycles. The number of hydrogen-bond donors (Lipinski definition) is 1. The number of rotatable bonds is 2. The van der Waals surface area contributed by atoms with Crippen molar-refractivity contribution in [3.8, 4) is 0 Å². The maximum atomic E-state index is 13.5. The fourth-order valence-corrected chi connectivity index (χ4v) is 1.81. The highest BCUT2D eigenvalue weighted by Gasteiger charge is 2.45. The molecule has 1 amide bonds. The lowest BCUT2D eigenvalue weighted by atomic mass is 10.1. The highest BCUT2D eigenvalue weighted by Crippen LogP contribution is 2.29. The van der Waals surface area contributed by atoms with E-state index in [1.54, 1.807) is 0 Å². The smallest absolute Gasteiger partial charge is 0.415 e. The van der Waals surface area contributed by atoms with Crippen LogP contribution in [0.5, 0.6) is 0 Å². The molecular weight excluding hydrogens is 229 g/mol. The van der Waals surface area contributed by atoms with E-state index in [0.717, 1.165) is 11.0 Å². The quantitative estimate of drug-likeness (QED) is 0.851. The lowest BCUT2D eigenvalue weighted by Gasteiger charge is -2.19. The molecular formula is C11H10FNO4. The molecule has 1 aliphatic heterocycles. The first-order valence-electron chi connectivity index (χ1n) is 4.99. The van der Waals surface area contributed by atoms with E-state index in [9.17, 15) is 14.0 Å². The van der Waals surface area contributed by atoms with E-state index in [1.165, 1.54) is 25.1 Å². The van der Waals surface area contributed by atoms with Crippen molar-refractivity contribution < 1.29 is 23.8 Å². The summed E-state index contributed by atoms with van der Waals surface area (Å²) in [5.41, 5.74) is -0.0887. The van der Waals surface area contributed by atoms with E-state index in [4.69, 9.17) is 9.84 Å². The van der Waals surface area contributed by atoms with Crippen molar-refractivity contribution in [2.75, 3.05) is 4.90 Å². The molecule has 0 radical (unpaired) electrons. The van der Waals surface area contributed by atoms with Crippen molar-refractivity contribution in [2.45, 2.75) is 19.1 Å². The molecule has 0 spiro atoms. The number of anilines is 1. The van der Waals surface area contributed by atoms with Crippen LogP contribution in [0.2, 0.25) is 0 Å². The second-order valence-electron chi connectivity index (χ2n) is 3.69. The predicted molar refractivity (Wildman–Crippen MR) is 56.2 cm³/mol. The van der Waals surface area contributed by atoms with E-state index in [1.807, 2.05) is 0 Å². The van der Waals surface area contributed by atoms with Crippen LogP contribution in [0.3, 0.4) is 0 Å². The molecule has 1 heterocycles. The molecule has 0 aromatic heterocycles. The van der Waals surface area contributed by atoms with Gasteiger partial charge in [-0.15, -0.1) is 0 Å². The van der Waals surface area contributed by atoms with Crippen molar-refractivity contribution >= 4 is 17.7 Å². The molecule has 1 N–H and O–H groups in total. The summed E-state index contributed by atoms with van der Waals surface area (Å²) in [5, 5.41) is 9.03. The van der Waals surface area contributed by atoms with Gasteiger partial charge in [0.05, 0.1) is 5.69 Å². The standard InChI is InChI=1S/C11H10FNO4/c1-6-9(10(14)15)13(11(16)17-6)8-5-3-2-4-7(8)12/h2-6,9H,1H3,(H,14,15). The Labute approximate surface area is 96.4 Å². The second-order valence-corrected chi connectivity index (χ2v) is 3.69. The number of hydrogen-bond acceptors (Lipinski definition) is 3. The first kappa shape index (κ1) is 11.4. The van der Waals surface area contributed by atoms with Crippen molar-refractivity contribution in [1.29, 1.82) is 0 Å². The van der Waals surface area contributed by atoms with Crippen LogP contribution in [0.1, 0.15) is 6.92 Å². The Morgan fingerprint density at radius 1 is 1.47 bits per heavy atom. The third-order valence-electron chi connectivity index (χ3n) is 2.57. The highest BCUT2D eigenvalue weighted by atomic mass is 19.1. The molecule has 2 unspecified atom stereocenters. The lowest BCUT2D eigenvalue weighted by Crippen LogP contribution is -2.42. The lowest BCUT2D eigenvalue weighted by molar-refractivity contribution is -0.139. The van der Waals surface area contributed by atoms with Crippen LogP contribution in [0, 0.1) is 5.82 Å². The largest absolute Gasteiger partial charge is 0.480 e. The number of carboxylic acids is 1. The zero-order chi connectivity index (χ0) is 12.6. The number of halogens is 1. The average molecular weight is 239 g/mol. The number of cyclic esters (lactones) is 1. The Hall–Kier alpha value is -2.11. The van der Waals surface area contributed by atoms with Crippen molar-refractivity contribution in [3.63, 3.8) is 0 Å². The molecule has 5 nitrogen and oxygen atoms in total. The van der Waals surface area contributed by atoms with Gasteiger partial charge in [-0.3, -0.25) is 4.90 Å². The Kier molecular flexibility index (Phi) is 2.71. The van der Waals surface area contributed by atoms with Gasteiger partial charge >= 0.3 is 12.1 Å². The Balaban J connectivity index is 2.46. The van der Waals surface area contributed by atoms with Gasteiger partial charge in [-0.05, 0) is 19.1 Å². The number of benzene rings is 1. The molecule has 1 fully saturated rings. The zero-order valence-corrected chi connectivity index (χ0v) is 8.96. The third kappa shape index (κ3) is 1.82. The van der Waals surface area contributed by atoms with Crippen LogP contribution in [0.15, 0.2) is 24.3 Å². The molecule has 1 aromatic rings. The highest BCUT2D eigenvalue weighted by molar-refractivity contribution is 5.98. The Bertz CT molecular complexity index is 476. The van der Waals surface area contributed by atoms with Crippen LogP contribution >= 0.6 is 0 Å². The fraction of sp³-hybridized carbons (Fsp3) is 0.273. The fourth-order valence-electron chi connectivity index (χ4n) is 1.81. The van der Waals surface area contributed by atoms with Crippen molar-refractivity contribution in [3.05, 3.63) is 30.1 Å². The summed E-state index contributed by atoms with van der Waals surface area (Å²) in [7, 11) is 0. The summed E-state index contributed by atoms with van der Waals surface area (Å²) in [5.74, 6) is -1.89. The average Bonchev–Trinajstić information content (AvgIpc) is 2.54. The van der Waals surface area contributed by atoms with Gasteiger partial charge in [0.15, 0.2) is 6.04 Å². The number of ether oxygens (including phenoxy) is 1. The number of carbonyl (C=O) groups excluding carboxylic acids is 1. The summed E-state index contributed by atoms with van der Waals surface area (Å²) < 4.78 is 18.3. The Morgan fingerprint density at radius 2 is 2.12 bits per heavy atom. The maximum absolute atomic E-state index is 13.5. The van der Waals surface area contributed by atoms with E-state index >= 15 is 0 Å². The van der Waals surface area contributed by atoms with Gasteiger partial charge in [0.1, 0.15) is 11.9 Å². The first-order chi connectivity index (χ1) is 8.02. The number of nitrogens with zero attached hydrogens (tertiary/aromatic N) is 1. The molecule has 0 aliphatic carbocycles. The number of amides is 1. The summed E-state index contributed by atoms with van der Waals surface area (Å²) in [6.45, 7) is 1.46. The minimum absolute atomic E-state index is 0.0887. The first-order valence-corrected chi connectivity index (χ1v) is 4.99. The summed E-state index contributed by atoms with van der Waals surface area (Å²) in [4.78, 5) is 23.4. The Morgan fingerprint density at radius 3 is 2.71 bits per heavy atom. The molecule has 6 heteroatoms. The minimum atomic E-state index is -1.23. The molecule has 0 bridgehead atoms. The molecule has 90 valence electrons. The normalized spacial score (nSPS) is 23.6. The van der Waals surface area contributed by atoms with Gasteiger partial charge in [-0.1, -0.05) is 12.1 Å². The summed E-state index contributed by atoms with van der Waals surface area (Å²) in [6.07, 6.45) is -1.67. The van der Waals surface area contributed by atoms with Crippen LogP contribution in [-0.2, 0) is 9.53 Å². The van der Waals surface area contributed by atoms with Crippen LogP contribution < -0.4 is 4.90 Å². The van der Waals surface area contributed by atoms with Crippen molar-refractivity contribution in [1.82, 2.24) is 0 Å². The van der Waals surface area contributed by atoms with E-state index in [0.29, 0.717) is 0 Å². The molecule has 2 atom stereocenters. The molecule has 1 aliphatic rings. The van der Waals surface area contributed by atoms with Gasteiger partial charge in [-0.25, -0.2) is 14.0 Å². The molecule has 0 saturated carbocycles. The van der Waals surface area contributed by atoms with Gasteiger partial charge in [-0.2, -0.15) is 0 Å². The summed E-state index contributed by atoms with van der Waals surface area (Å²) >= 11 is 0. The van der Waals surface area contributed by atoms with Gasteiger partial charge < -0.3 is 9.84 Å². The summed E-state index contributed by atoms with van der Waals surface area (Å²) in [6, 6.07) is 4.27. The monoisotopic (exact) mass is 239 g/mol. The second kappa shape index (κ2) is 4.04. The molecule has 17 heavy (non-hydrogen) atoms. The number of carboxylic acid groups (broad SMARTS) is 1. The predicted octanol–water partition coefficient (Wildman–Crippen LogP) is 1.62. The van der Waals surface area contributed by atoms with E-state index < -0.39 is 30.0 Å². The van der Waals surface area contributed by atoms with Crippen LogP contribution in [-0.4, -0.2) is 29.3 Å². The third-order valence-corrected chi connectivity index (χ3v) is 2.57. The zero-order valence-electron chi connectivity index (χ0n) is 8.96. The van der Waals surface area contributed by atoms with Gasteiger partial charge in [0.2, 0.25) is 0 Å². The van der Waals surface area contributed by atoms with Crippen LogP contribution in [0.25, 0.3) is 0 Å². The van der Waals surface area contributed by atoms with Gasteiger partial charge in [0.25, 0.3) is 0 Å². The SMILES string of the molecule is CC1OC(=O)N(c2ccccc2F)C1C(=O)O. The topological polar surface area (TPSA) is 66.8 Å². The van der Waals surface area contributed by atoms with E-state index in [2.05, 4.69) is 0 Å². The number of carbonyl (C=O) groups is 2. The van der Waals surface area contributed by atoms with Crippen LogP contribution in [0.4, 0.5) is 14.9 Å². The molecule has 1 saturated heterocycles. The molecule has 2 rings (SSSR count). The van der Waals surface area contributed by atoms with E-state index in [-0.39, 0.29) is 5.69 Å². The van der Waals surface area contributed by atoms with Crippen molar-refractivity contribution in [2.24, 2.45) is 0 Å². The maximum Gasteiger partial charge on any atom is 0.415 e. The minimum Gasteiger partial charge on any atom is -0.480 e.